The lowest BCUT2D eigenvalue weighted by atomic mass is 9.98. The minimum Gasteiger partial charge on any atom is -0.342 e. The molecule has 0 unspecified atom stereocenters. The second-order valence-corrected chi connectivity index (χ2v) is 8.45. The molecular formula is C19H24ClNO6. The van der Waals surface area contributed by atoms with Crippen LogP contribution in [-0.2, 0) is 28.5 Å². The zero-order chi connectivity index (χ0) is 19.6. The molecule has 0 aliphatic carbocycles. The van der Waals surface area contributed by atoms with E-state index in [0.717, 1.165) is 5.56 Å². The van der Waals surface area contributed by atoms with Crippen LogP contribution in [0, 0.1) is 6.92 Å². The summed E-state index contributed by atoms with van der Waals surface area (Å²) in [7, 11) is 0. The van der Waals surface area contributed by atoms with Gasteiger partial charge in [0.25, 0.3) is 5.91 Å². The summed E-state index contributed by atoms with van der Waals surface area (Å²) in [5.74, 6) is -2.03. The first kappa shape index (κ1) is 19.1. The molecule has 5 atom stereocenters. The summed E-state index contributed by atoms with van der Waals surface area (Å²) in [6, 6.07) is 5.33. The minimum absolute atomic E-state index is 0.349. The number of anilines is 1. The van der Waals surface area contributed by atoms with Crippen LogP contribution in [0.4, 0.5) is 5.69 Å². The monoisotopic (exact) mass is 397 g/mol. The molecule has 0 spiro atoms. The third kappa shape index (κ3) is 3.60. The summed E-state index contributed by atoms with van der Waals surface area (Å²) in [5.41, 5.74) is 1.51. The number of aryl methyl sites for hydroxylation is 1. The third-order valence-corrected chi connectivity index (χ3v) is 5.26. The predicted octanol–water partition coefficient (Wildman–Crippen LogP) is 2.98. The molecule has 3 heterocycles. The number of carbonyl (C=O) groups is 1. The Bertz CT molecular complexity index is 767. The molecular weight excluding hydrogens is 374 g/mol. The van der Waals surface area contributed by atoms with Gasteiger partial charge in [0.2, 0.25) is 0 Å². The molecule has 0 bridgehead atoms. The summed E-state index contributed by atoms with van der Waals surface area (Å²) in [5, 5.41) is 3.42. The smallest absolute Gasteiger partial charge is 0.256 e. The molecule has 3 aliphatic rings. The van der Waals surface area contributed by atoms with Crippen molar-refractivity contribution in [2.45, 2.75) is 76.9 Å². The summed E-state index contributed by atoms with van der Waals surface area (Å²) in [6.07, 6.45) is -3.17. The van der Waals surface area contributed by atoms with Gasteiger partial charge < -0.3 is 29.0 Å². The number of hydrogen-bond acceptors (Lipinski definition) is 6. The maximum absolute atomic E-state index is 13.0. The van der Waals surface area contributed by atoms with Crippen LogP contribution in [-0.4, -0.2) is 48.2 Å². The van der Waals surface area contributed by atoms with E-state index in [1.165, 1.54) is 0 Å². The normalized spacial score (nSPS) is 36.1. The van der Waals surface area contributed by atoms with Gasteiger partial charge in [0, 0.05) is 10.7 Å². The molecule has 1 N–H and O–H groups in total. The molecule has 3 fully saturated rings. The lowest BCUT2D eigenvalue weighted by molar-refractivity contribution is -0.229. The van der Waals surface area contributed by atoms with Gasteiger partial charge in [-0.3, -0.25) is 4.79 Å². The molecule has 0 aromatic heterocycles. The highest BCUT2D eigenvalue weighted by molar-refractivity contribution is 6.31. The van der Waals surface area contributed by atoms with Gasteiger partial charge in [0.15, 0.2) is 24.0 Å². The number of carbonyl (C=O) groups excluding carboxylic acids is 1. The topological polar surface area (TPSA) is 75.3 Å². The van der Waals surface area contributed by atoms with Gasteiger partial charge in [-0.1, -0.05) is 17.7 Å². The van der Waals surface area contributed by atoms with Crippen molar-refractivity contribution >= 4 is 23.2 Å². The lowest BCUT2D eigenvalue weighted by Gasteiger charge is -2.36. The van der Waals surface area contributed by atoms with Crippen molar-refractivity contribution in [1.29, 1.82) is 0 Å². The highest BCUT2D eigenvalue weighted by atomic mass is 35.5. The Labute approximate surface area is 163 Å². The molecule has 27 heavy (non-hydrogen) atoms. The van der Waals surface area contributed by atoms with E-state index in [2.05, 4.69) is 5.32 Å². The summed E-state index contributed by atoms with van der Waals surface area (Å²) in [4.78, 5) is 13.0. The predicted molar refractivity (Wildman–Crippen MR) is 97.3 cm³/mol. The zero-order valence-corrected chi connectivity index (χ0v) is 16.7. The summed E-state index contributed by atoms with van der Waals surface area (Å²) >= 11 is 6.15. The Kier molecular flexibility index (Phi) is 4.53. The van der Waals surface area contributed by atoms with E-state index in [1.54, 1.807) is 39.8 Å². The van der Waals surface area contributed by atoms with E-state index in [0.29, 0.717) is 10.7 Å². The molecule has 3 saturated heterocycles. The highest BCUT2D eigenvalue weighted by Crippen LogP contribution is 2.44. The minimum atomic E-state index is -0.907. The van der Waals surface area contributed by atoms with Crippen molar-refractivity contribution in [2.75, 3.05) is 5.32 Å². The third-order valence-electron chi connectivity index (χ3n) is 4.85. The number of halogens is 1. The summed E-state index contributed by atoms with van der Waals surface area (Å²) < 4.78 is 29.7. The molecule has 8 heteroatoms. The quantitative estimate of drug-likeness (QED) is 0.826. The number of hydrogen-bond donors (Lipinski definition) is 1. The average Bonchev–Trinajstić information content (AvgIpc) is 3.04. The first-order valence-electron chi connectivity index (χ1n) is 8.98. The van der Waals surface area contributed by atoms with Crippen molar-refractivity contribution in [3.05, 3.63) is 28.8 Å². The van der Waals surface area contributed by atoms with Crippen LogP contribution in [0.2, 0.25) is 5.02 Å². The molecule has 148 valence electrons. The van der Waals surface area contributed by atoms with Crippen LogP contribution in [0.5, 0.6) is 0 Å². The SMILES string of the molecule is Cc1ccc(NC(=O)[C@@H]2O[C@@H]3OC(C)(C)O[C@@H]3[C@@H]3OC(C)(C)O[C@H]32)cc1Cl. The van der Waals surface area contributed by atoms with Crippen molar-refractivity contribution in [2.24, 2.45) is 0 Å². The Morgan fingerprint density at radius 2 is 1.63 bits per heavy atom. The molecule has 0 radical (unpaired) electrons. The number of fused-ring (bicyclic) bond motifs is 3. The zero-order valence-electron chi connectivity index (χ0n) is 15.9. The van der Waals surface area contributed by atoms with E-state index in [4.69, 9.17) is 35.3 Å². The number of ether oxygens (including phenoxy) is 5. The second kappa shape index (κ2) is 6.40. The number of rotatable bonds is 2. The van der Waals surface area contributed by atoms with Crippen LogP contribution in [0.1, 0.15) is 33.3 Å². The van der Waals surface area contributed by atoms with Gasteiger partial charge in [0.1, 0.15) is 18.3 Å². The molecule has 1 aromatic carbocycles. The van der Waals surface area contributed by atoms with Gasteiger partial charge in [0.05, 0.1) is 0 Å². The van der Waals surface area contributed by atoms with Crippen molar-refractivity contribution in [3.8, 4) is 0 Å². The Hall–Kier alpha value is -1.22. The standard InChI is InChI=1S/C19H24ClNO6/c1-9-6-7-10(8-11(9)20)21-16(22)14-12-13(25-18(2,3)24-12)15-17(23-14)27-19(4,5)26-15/h6-8,12-15,17H,1-5H3,(H,21,22)/t12-,13-,14-,15-,17-/m1/s1. The largest absolute Gasteiger partial charge is 0.342 e. The van der Waals surface area contributed by atoms with Gasteiger partial charge in [-0.25, -0.2) is 0 Å². The van der Waals surface area contributed by atoms with Gasteiger partial charge >= 0.3 is 0 Å². The Morgan fingerprint density at radius 3 is 2.33 bits per heavy atom. The van der Waals surface area contributed by atoms with E-state index >= 15 is 0 Å². The molecule has 3 aliphatic heterocycles. The molecule has 1 aromatic rings. The highest BCUT2D eigenvalue weighted by Gasteiger charge is 2.62. The van der Waals surface area contributed by atoms with Gasteiger partial charge in [-0.15, -0.1) is 0 Å². The van der Waals surface area contributed by atoms with Crippen LogP contribution in [0.25, 0.3) is 0 Å². The first-order chi connectivity index (χ1) is 12.5. The average molecular weight is 398 g/mol. The van der Waals surface area contributed by atoms with E-state index in [9.17, 15) is 4.79 Å². The van der Waals surface area contributed by atoms with E-state index in [1.807, 2.05) is 13.0 Å². The van der Waals surface area contributed by atoms with Crippen LogP contribution in [0.15, 0.2) is 18.2 Å². The lowest BCUT2D eigenvalue weighted by Crippen LogP contribution is -2.58. The van der Waals surface area contributed by atoms with Crippen molar-refractivity contribution in [3.63, 3.8) is 0 Å². The van der Waals surface area contributed by atoms with E-state index in [-0.39, 0.29) is 5.91 Å². The molecule has 4 rings (SSSR count). The van der Waals surface area contributed by atoms with Gasteiger partial charge in [-0.2, -0.15) is 0 Å². The summed E-state index contributed by atoms with van der Waals surface area (Å²) in [6.45, 7) is 9.10. The second-order valence-electron chi connectivity index (χ2n) is 8.04. The fourth-order valence-electron chi connectivity index (χ4n) is 3.71. The van der Waals surface area contributed by atoms with E-state index < -0.39 is 42.3 Å². The maximum atomic E-state index is 13.0. The molecule has 7 nitrogen and oxygen atoms in total. The maximum Gasteiger partial charge on any atom is 0.256 e. The molecule has 1 amide bonds. The first-order valence-corrected chi connectivity index (χ1v) is 9.36. The van der Waals surface area contributed by atoms with Crippen LogP contribution >= 0.6 is 11.6 Å². The van der Waals surface area contributed by atoms with Crippen LogP contribution < -0.4 is 5.32 Å². The fraction of sp³-hybridized carbons (Fsp3) is 0.632. The molecule has 0 saturated carbocycles. The Morgan fingerprint density at radius 1 is 1.00 bits per heavy atom. The number of nitrogens with one attached hydrogen (secondary N) is 1. The Balaban J connectivity index is 1.57. The number of benzene rings is 1. The van der Waals surface area contributed by atoms with Crippen molar-refractivity contribution in [1.82, 2.24) is 0 Å². The van der Waals surface area contributed by atoms with Crippen LogP contribution in [0.3, 0.4) is 0 Å². The van der Waals surface area contributed by atoms with Crippen molar-refractivity contribution < 1.29 is 28.5 Å². The fourth-order valence-corrected chi connectivity index (χ4v) is 3.89. The number of amides is 1. The van der Waals surface area contributed by atoms with Gasteiger partial charge in [-0.05, 0) is 52.3 Å².